The number of nitrogens with two attached hydrogens (primary N) is 1. The summed E-state index contributed by atoms with van der Waals surface area (Å²) in [7, 11) is 0. The molecule has 116 valence electrons. The van der Waals surface area contributed by atoms with Crippen LogP contribution in [0, 0.1) is 5.92 Å². The molecule has 1 fully saturated rings. The first kappa shape index (κ1) is 16.3. The molecule has 0 aromatic heterocycles. The molecule has 0 aliphatic carbocycles. The normalized spacial score (nSPS) is 21.9. The minimum Gasteiger partial charge on any atom is -0.490 e. The minimum absolute atomic E-state index is 0.0265. The van der Waals surface area contributed by atoms with Crippen molar-refractivity contribution in [1.29, 1.82) is 0 Å². The van der Waals surface area contributed by atoms with E-state index in [-0.39, 0.29) is 18.1 Å². The van der Waals surface area contributed by atoms with Crippen LogP contribution in [0.1, 0.15) is 37.6 Å². The number of nitrogens with zero attached hydrogens (tertiary/aromatic N) is 1. The molecule has 0 spiro atoms. The molecule has 0 radical (unpaired) electrons. The first-order chi connectivity index (χ1) is 9.92. The second-order valence-electron chi connectivity index (χ2n) is 5.95. The van der Waals surface area contributed by atoms with Crippen molar-refractivity contribution < 1.29 is 9.53 Å². The van der Waals surface area contributed by atoms with Crippen LogP contribution in [0.5, 0.6) is 5.75 Å². The number of carbonyl (C=O) groups is 1. The van der Waals surface area contributed by atoms with Gasteiger partial charge in [0.2, 0.25) is 0 Å². The summed E-state index contributed by atoms with van der Waals surface area (Å²) in [6.45, 7) is 7.35. The van der Waals surface area contributed by atoms with E-state index in [2.05, 4.69) is 22.9 Å². The summed E-state index contributed by atoms with van der Waals surface area (Å²) in [6.07, 6.45) is 0.998. The highest BCUT2D eigenvalue weighted by Crippen LogP contribution is 2.30. The van der Waals surface area contributed by atoms with Gasteiger partial charge in [-0.25, -0.2) is 0 Å². The van der Waals surface area contributed by atoms with Gasteiger partial charge in [-0.3, -0.25) is 4.79 Å². The summed E-state index contributed by atoms with van der Waals surface area (Å²) in [6, 6.07) is 5.78. The molecule has 21 heavy (non-hydrogen) atoms. The summed E-state index contributed by atoms with van der Waals surface area (Å²) in [5, 5.41) is 0. The number of ether oxygens (including phenoxy) is 1. The highest BCUT2D eigenvalue weighted by atomic mass is 79.9. The Morgan fingerprint density at radius 3 is 2.81 bits per heavy atom. The number of carbonyl (C=O) groups excluding carboxylic acids is 1. The number of likely N-dealkylation sites (tertiary alicyclic amines) is 1. The summed E-state index contributed by atoms with van der Waals surface area (Å²) < 4.78 is 6.70. The van der Waals surface area contributed by atoms with Crippen molar-refractivity contribution in [3.8, 4) is 5.75 Å². The molecule has 1 aromatic rings. The molecule has 1 heterocycles. The zero-order chi connectivity index (χ0) is 15.6. The Hall–Kier alpha value is -1.07. The molecule has 1 amide bonds. The Morgan fingerprint density at radius 1 is 1.52 bits per heavy atom. The van der Waals surface area contributed by atoms with Crippen LogP contribution in [-0.2, 0) is 0 Å². The van der Waals surface area contributed by atoms with E-state index in [0.717, 1.165) is 17.4 Å². The van der Waals surface area contributed by atoms with E-state index in [1.54, 1.807) is 0 Å². The minimum atomic E-state index is 0.0265. The molecule has 2 unspecified atom stereocenters. The zero-order valence-corrected chi connectivity index (χ0v) is 14.4. The van der Waals surface area contributed by atoms with Crippen LogP contribution in [0.25, 0.3) is 0 Å². The number of hydrogen-bond donors (Lipinski definition) is 1. The van der Waals surface area contributed by atoms with Crippen LogP contribution >= 0.6 is 15.9 Å². The third kappa shape index (κ3) is 3.77. The van der Waals surface area contributed by atoms with E-state index < -0.39 is 0 Å². The number of benzene rings is 1. The molecule has 1 aliphatic rings. The van der Waals surface area contributed by atoms with Crippen molar-refractivity contribution in [1.82, 2.24) is 4.90 Å². The Balaban J connectivity index is 2.26. The van der Waals surface area contributed by atoms with Gasteiger partial charge in [-0.15, -0.1) is 0 Å². The molecule has 4 nitrogen and oxygen atoms in total. The van der Waals surface area contributed by atoms with Crippen molar-refractivity contribution >= 4 is 21.8 Å². The first-order valence-electron chi connectivity index (χ1n) is 7.39. The van der Waals surface area contributed by atoms with E-state index in [4.69, 9.17) is 10.5 Å². The first-order valence-corrected chi connectivity index (χ1v) is 8.19. The fourth-order valence-corrected chi connectivity index (χ4v) is 3.12. The maximum Gasteiger partial charge on any atom is 0.257 e. The Bertz CT molecular complexity index is 519. The lowest BCUT2D eigenvalue weighted by Crippen LogP contribution is -2.34. The van der Waals surface area contributed by atoms with Gasteiger partial charge < -0.3 is 15.4 Å². The molecular formula is C16H23BrN2O2. The fraction of sp³-hybridized carbons (Fsp3) is 0.562. The SMILES string of the molecule is CC(C)Oc1cc(Br)ccc1C(=O)N1CC(CN)CC1C. The maximum absolute atomic E-state index is 12.8. The highest BCUT2D eigenvalue weighted by molar-refractivity contribution is 9.10. The van der Waals surface area contributed by atoms with E-state index in [1.165, 1.54) is 0 Å². The third-order valence-electron chi connectivity index (χ3n) is 3.79. The lowest BCUT2D eigenvalue weighted by atomic mass is 10.1. The summed E-state index contributed by atoms with van der Waals surface area (Å²) in [5.74, 6) is 1.06. The van der Waals surface area contributed by atoms with Crippen LogP contribution < -0.4 is 10.5 Å². The van der Waals surface area contributed by atoms with Gasteiger partial charge in [0, 0.05) is 17.1 Å². The van der Waals surface area contributed by atoms with E-state index >= 15 is 0 Å². The van der Waals surface area contributed by atoms with Crippen molar-refractivity contribution in [2.24, 2.45) is 11.7 Å². The average Bonchev–Trinajstić information content (AvgIpc) is 2.79. The Morgan fingerprint density at radius 2 is 2.24 bits per heavy atom. The summed E-state index contributed by atoms with van der Waals surface area (Å²) in [4.78, 5) is 14.7. The van der Waals surface area contributed by atoms with Gasteiger partial charge in [-0.2, -0.15) is 0 Å². The lowest BCUT2D eigenvalue weighted by molar-refractivity contribution is 0.0737. The lowest BCUT2D eigenvalue weighted by Gasteiger charge is -2.23. The summed E-state index contributed by atoms with van der Waals surface area (Å²) >= 11 is 3.43. The Kier molecular flexibility index (Phi) is 5.27. The molecule has 1 aliphatic heterocycles. The number of amides is 1. The quantitative estimate of drug-likeness (QED) is 0.903. The van der Waals surface area contributed by atoms with Crippen LogP contribution in [0.4, 0.5) is 0 Å². The standard InChI is InChI=1S/C16H23BrN2O2/c1-10(2)21-15-7-13(17)4-5-14(15)16(20)19-9-12(8-18)6-11(19)3/h4-5,7,10-12H,6,8-9,18H2,1-3H3. The van der Waals surface area contributed by atoms with Gasteiger partial charge >= 0.3 is 0 Å². The van der Waals surface area contributed by atoms with E-state index in [9.17, 15) is 4.79 Å². The highest BCUT2D eigenvalue weighted by Gasteiger charge is 2.33. The maximum atomic E-state index is 12.8. The molecule has 1 aromatic carbocycles. The van der Waals surface area contributed by atoms with E-state index in [0.29, 0.717) is 23.8 Å². The molecule has 0 bridgehead atoms. The Labute approximate surface area is 134 Å². The van der Waals surface area contributed by atoms with Gasteiger partial charge in [-0.1, -0.05) is 15.9 Å². The smallest absolute Gasteiger partial charge is 0.257 e. The second-order valence-corrected chi connectivity index (χ2v) is 6.87. The van der Waals surface area contributed by atoms with Gasteiger partial charge in [0.1, 0.15) is 5.75 Å². The number of hydrogen-bond acceptors (Lipinski definition) is 3. The summed E-state index contributed by atoms with van der Waals surface area (Å²) in [5.41, 5.74) is 6.37. The van der Waals surface area contributed by atoms with Gasteiger partial charge in [0.15, 0.2) is 0 Å². The predicted octanol–water partition coefficient (Wildman–Crippen LogP) is 3.05. The molecule has 2 N–H and O–H groups in total. The molecule has 5 heteroatoms. The topological polar surface area (TPSA) is 55.6 Å². The monoisotopic (exact) mass is 354 g/mol. The van der Waals surface area contributed by atoms with Crippen molar-refractivity contribution in [3.05, 3.63) is 28.2 Å². The van der Waals surface area contributed by atoms with Crippen molar-refractivity contribution in [3.63, 3.8) is 0 Å². The van der Waals surface area contributed by atoms with Gasteiger partial charge in [-0.05, 0) is 57.9 Å². The molecule has 0 saturated carbocycles. The third-order valence-corrected chi connectivity index (χ3v) is 4.29. The second kappa shape index (κ2) is 6.79. The van der Waals surface area contributed by atoms with Crippen LogP contribution in [0.15, 0.2) is 22.7 Å². The molecule has 1 saturated heterocycles. The molecular weight excluding hydrogens is 332 g/mol. The zero-order valence-electron chi connectivity index (χ0n) is 12.8. The van der Waals surface area contributed by atoms with Crippen LogP contribution in [-0.4, -0.2) is 36.0 Å². The number of halogens is 1. The fourth-order valence-electron chi connectivity index (χ4n) is 2.78. The van der Waals surface area contributed by atoms with Gasteiger partial charge in [0.25, 0.3) is 5.91 Å². The average molecular weight is 355 g/mol. The van der Waals surface area contributed by atoms with Gasteiger partial charge in [0.05, 0.1) is 11.7 Å². The van der Waals surface area contributed by atoms with Crippen LogP contribution in [0.3, 0.4) is 0 Å². The molecule has 2 atom stereocenters. The number of rotatable bonds is 4. The van der Waals surface area contributed by atoms with E-state index in [1.807, 2.05) is 36.9 Å². The predicted molar refractivity (Wildman–Crippen MR) is 87.6 cm³/mol. The molecule has 2 rings (SSSR count). The van der Waals surface area contributed by atoms with Crippen LogP contribution in [0.2, 0.25) is 0 Å². The van der Waals surface area contributed by atoms with Crippen molar-refractivity contribution in [2.75, 3.05) is 13.1 Å². The largest absolute Gasteiger partial charge is 0.490 e. The van der Waals surface area contributed by atoms with Crippen molar-refractivity contribution in [2.45, 2.75) is 39.3 Å².